The molecule has 6 heteroatoms. The van der Waals surface area contributed by atoms with Gasteiger partial charge in [0.15, 0.2) is 0 Å². The molecule has 5 nitrogen and oxygen atoms in total. The molecule has 0 aromatic carbocycles. The molecule has 0 saturated carbocycles. The normalized spacial score (nSPS) is 18.4. The van der Waals surface area contributed by atoms with E-state index in [9.17, 15) is 8.42 Å². The van der Waals surface area contributed by atoms with E-state index in [0.717, 1.165) is 12.8 Å². The quantitative estimate of drug-likeness (QED) is 0.925. The molecule has 1 aliphatic heterocycles. The first kappa shape index (κ1) is 15.3. The first-order valence-electron chi connectivity index (χ1n) is 7.09. The van der Waals surface area contributed by atoms with Crippen molar-refractivity contribution >= 4 is 15.8 Å². The Bertz CT molecular complexity index is 549. The maximum Gasteiger partial charge on any atom is 0.243 e. The van der Waals surface area contributed by atoms with Crippen LogP contribution in [0.2, 0.25) is 0 Å². The first-order chi connectivity index (χ1) is 9.45. The number of rotatable bonds is 4. The Morgan fingerprint density at radius 1 is 1.35 bits per heavy atom. The maximum absolute atomic E-state index is 12.6. The second-order valence-corrected chi connectivity index (χ2v) is 7.55. The van der Waals surface area contributed by atoms with E-state index in [2.05, 4.69) is 24.1 Å². The van der Waals surface area contributed by atoms with E-state index in [1.165, 1.54) is 6.20 Å². The molecule has 0 amide bonds. The molecule has 0 unspecified atom stereocenters. The number of hydrogen-bond acceptors (Lipinski definition) is 4. The molecule has 1 aliphatic rings. The molecule has 2 rings (SSSR count). The van der Waals surface area contributed by atoms with Gasteiger partial charge in [0.1, 0.15) is 5.82 Å². The molecule has 0 spiro atoms. The van der Waals surface area contributed by atoms with Crippen LogP contribution in [0.15, 0.2) is 23.2 Å². The highest BCUT2D eigenvalue weighted by Gasteiger charge is 2.30. The third kappa shape index (κ3) is 3.12. The third-order valence-corrected chi connectivity index (χ3v) is 5.96. The summed E-state index contributed by atoms with van der Waals surface area (Å²) in [4.78, 5) is 4.38. The lowest BCUT2D eigenvalue weighted by molar-refractivity contribution is 0.226. The maximum atomic E-state index is 12.6. The standard InChI is InChI=1S/C14H23N3O2S/c1-11(2)12-5-8-17(9-6-12)20(18,19)13-4-7-16-14(10-13)15-3/h4,7,10-12H,5-6,8-9H2,1-3H3,(H,15,16). The Morgan fingerprint density at radius 3 is 2.55 bits per heavy atom. The number of aromatic nitrogens is 1. The fourth-order valence-electron chi connectivity index (χ4n) is 2.64. The molecular weight excluding hydrogens is 274 g/mol. The summed E-state index contributed by atoms with van der Waals surface area (Å²) in [6.07, 6.45) is 3.42. The SMILES string of the molecule is CNc1cc(S(=O)(=O)N2CCC(C(C)C)CC2)ccn1. The molecule has 1 aromatic heterocycles. The molecule has 1 fully saturated rings. The average Bonchev–Trinajstić information content (AvgIpc) is 2.47. The Balaban J connectivity index is 2.15. The van der Waals surface area contributed by atoms with Crippen molar-refractivity contribution in [2.45, 2.75) is 31.6 Å². The van der Waals surface area contributed by atoms with Crippen molar-refractivity contribution in [2.75, 3.05) is 25.5 Å². The molecule has 0 bridgehead atoms. The number of hydrogen-bond donors (Lipinski definition) is 1. The van der Waals surface area contributed by atoms with E-state index in [4.69, 9.17) is 0 Å². The first-order valence-corrected chi connectivity index (χ1v) is 8.53. The number of anilines is 1. The Morgan fingerprint density at radius 2 is 2.00 bits per heavy atom. The van der Waals surface area contributed by atoms with Crippen LogP contribution in [0, 0.1) is 11.8 Å². The predicted molar refractivity (Wildman–Crippen MR) is 80.1 cm³/mol. The van der Waals surface area contributed by atoms with Crippen molar-refractivity contribution in [3.8, 4) is 0 Å². The van der Waals surface area contributed by atoms with Crippen LogP contribution in [0.4, 0.5) is 5.82 Å². The summed E-state index contributed by atoms with van der Waals surface area (Å²) in [6, 6.07) is 3.15. The number of sulfonamides is 1. The van der Waals surface area contributed by atoms with Gasteiger partial charge in [-0.3, -0.25) is 0 Å². The van der Waals surface area contributed by atoms with Gasteiger partial charge in [0.05, 0.1) is 4.90 Å². The lowest BCUT2D eigenvalue weighted by Gasteiger charge is -2.33. The number of nitrogens with zero attached hydrogens (tertiary/aromatic N) is 2. The van der Waals surface area contributed by atoms with Gasteiger partial charge in [-0.1, -0.05) is 13.8 Å². The summed E-state index contributed by atoms with van der Waals surface area (Å²) in [5, 5.41) is 2.87. The topological polar surface area (TPSA) is 62.3 Å². The number of nitrogens with one attached hydrogen (secondary N) is 1. The van der Waals surface area contributed by atoms with Gasteiger partial charge in [0, 0.05) is 32.4 Å². The fourth-order valence-corrected chi connectivity index (χ4v) is 4.12. The summed E-state index contributed by atoms with van der Waals surface area (Å²) in [5.74, 6) is 1.83. The van der Waals surface area contributed by atoms with E-state index >= 15 is 0 Å². The van der Waals surface area contributed by atoms with E-state index in [0.29, 0.717) is 35.6 Å². The molecular formula is C14H23N3O2S. The molecule has 1 saturated heterocycles. The van der Waals surface area contributed by atoms with Gasteiger partial charge in [0.25, 0.3) is 0 Å². The molecule has 0 aliphatic carbocycles. The average molecular weight is 297 g/mol. The zero-order valence-electron chi connectivity index (χ0n) is 12.3. The van der Waals surface area contributed by atoms with Crippen LogP contribution < -0.4 is 5.32 Å². The molecule has 0 radical (unpaired) electrons. The van der Waals surface area contributed by atoms with E-state index in [1.807, 2.05) is 0 Å². The lowest BCUT2D eigenvalue weighted by atomic mass is 9.87. The van der Waals surface area contributed by atoms with Gasteiger partial charge in [0.2, 0.25) is 10.0 Å². The van der Waals surface area contributed by atoms with Crippen LogP contribution >= 0.6 is 0 Å². The van der Waals surface area contributed by atoms with Crippen LogP contribution in [0.25, 0.3) is 0 Å². The van der Waals surface area contributed by atoms with E-state index in [-0.39, 0.29) is 0 Å². The van der Waals surface area contributed by atoms with Gasteiger partial charge < -0.3 is 5.32 Å². The van der Waals surface area contributed by atoms with E-state index < -0.39 is 10.0 Å². The van der Waals surface area contributed by atoms with Gasteiger partial charge >= 0.3 is 0 Å². The molecule has 2 heterocycles. The van der Waals surface area contributed by atoms with Crippen molar-refractivity contribution < 1.29 is 8.42 Å². The summed E-state index contributed by atoms with van der Waals surface area (Å²) < 4.78 is 26.8. The fraction of sp³-hybridized carbons (Fsp3) is 0.643. The van der Waals surface area contributed by atoms with Gasteiger partial charge in [-0.15, -0.1) is 0 Å². The van der Waals surface area contributed by atoms with Crippen LogP contribution in [0.1, 0.15) is 26.7 Å². The second kappa shape index (κ2) is 6.10. The van der Waals surface area contributed by atoms with Crippen molar-refractivity contribution in [3.63, 3.8) is 0 Å². The summed E-state index contributed by atoms with van der Waals surface area (Å²) >= 11 is 0. The van der Waals surface area contributed by atoms with Crippen molar-refractivity contribution in [1.82, 2.24) is 9.29 Å². The highest BCUT2D eigenvalue weighted by Crippen LogP contribution is 2.28. The Hall–Kier alpha value is -1.14. The number of pyridine rings is 1. The molecule has 0 atom stereocenters. The van der Waals surface area contributed by atoms with Gasteiger partial charge in [-0.05, 0) is 30.7 Å². The predicted octanol–water partition coefficient (Wildman–Crippen LogP) is 2.18. The number of piperidine rings is 1. The summed E-state index contributed by atoms with van der Waals surface area (Å²) in [5.41, 5.74) is 0. The smallest absolute Gasteiger partial charge is 0.243 e. The highest BCUT2D eigenvalue weighted by atomic mass is 32.2. The van der Waals surface area contributed by atoms with Crippen LogP contribution in [0.3, 0.4) is 0 Å². The minimum Gasteiger partial charge on any atom is -0.373 e. The van der Waals surface area contributed by atoms with Crippen LogP contribution in [-0.4, -0.2) is 37.8 Å². The van der Waals surface area contributed by atoms with E-state index in [1.54, 1.807) is 23.5 Å². The lowest BCUT2D eigenvalue weighted by Crippen LogP contribution is -2.39. The summed E-state index contributed by atoms with van der Waals surface area (Å²) in [7, 11) is -1.66. The zero-order valence-corrected chi connectivity index (χ0v) is 13.2. The van der Waals surface area contributed by atoms with Crippen molar-refractivity contribution in [2.24, 2.45) is 11.8 Å². The van der Waals surface area contributed by atoms with Crippen LogP contribution in [-0.2, 0) is 10.0 Å². The van der Waals surface area contributed by atoms with Crippen molar-refractivity contribution in [3.05, 3.63) is 18.3 Å². The third-order valence-electron chi connectivity index (χ3n) is 4.07. The monoisotopic (exact) mass is 297 g/mol. The van der Waals surface area contributed by atoms with Gasteiger partial charge in [-0.25, -0.2) is 13.4 Å². The van der Waals surface area contributed by atoms with Crippen LogP contribution in [0.5, 0.6) is 0 Å². The molecule has 112 valence electrons. The molecule has 20 heavy (non-hydrogen) atoms. The summed E-state index contributed by atoms with van der Waals surface area (Å²) in [6.45, 7) is 5.64. The zero-order chi connectivity index (χ0) is 14.8. The Labute approximate surface area is 121 Å². The largest absolute Gasteiger partial charge is 0.373 e. The van der Waals surface area contributed by atoms with Gasteiger partial charge in [-0.2, -0.15) is 4.31 Å². The minimum atomic E-state index is -3.39. The molecule has 1 aromatic rings. The van der Waals surface area contributed by atoms with Crippen molar-refractivity contribution in [1.29, 1.82) is 0 Å². The Kier molecular flexibility index (Phi) is 4.65. The minimum absolute atomic E-state index is 0.319. The highest BCUT2D eigenvalue weighted by molar-refractivity contribution is 7.89. The second-order valence-electron chi connectivity index (χ2n) is 5.61. The molecule has 1 N–H and O–H groups in total.